The van der Waals surface area contributed by atoms with Crippen LogP contribution in [0.3, 0.4) is 0 Å². The van der Waals surface area contributed by atoms with Crippen molar-refractivity contribution >= 4 is 29.3 Å². The van der Waals surface area contributed by atoms with E-state index < -0.39 is 6.09 Å². The molecule has 1 aliphatic rings. The predicted molar refractivity (Wildman–Crippen MR) is 97.4 cm³/mol. The van der Waals surface area contributed by atoms with Crippen molar-refractivity contribution < 1.29 is 14.4 Å². The van der Waals surface area contributed by atoms with E-state index in [0.717, 1.165) is 12.0 Å². The van der Waals surface area contributed by atoms with E-state index in [2.05, 4.69) is 36.6 Å². The highest BCUT2D eigenvalue weighted by atomic mass is 35.5. The lowest BCUT2D eigenvalue weighted by Gasteiger charge is -2.28. The first-order valence-corrected chi connectivity index (χ1v) is 8.68. The van der Waals surface area contributed by atoms with Crippen molar-refractivity contribution in [2.45, 2.75) is 40.2 Å². The minimum Gasteiger partial charge on any atom is -0.351 e. The third kappa shape index (κ3) is 6.05. The summed E-state index contributed by atoms with van der Waals surface area (Å²) in [6.07, 6.45) is 0.656. The van der Waals surface area contributed by atoms with E-state index in [-0.39, 0.29) is 29.5 Å². The van der Waals surface area contributed by atoms with Crippen molar-refractivity contribution in [2.24, 2.45) is 16.5 Å². The second-order valence-corrected chi connectivity index (χ2v) is 7.64. The molecule has 2 amide bonds. The zero-order valence-corrected chi connectivity index (χ0v) is 15.5. The van der Waals surface area contributed by atoms with Gasteiger partial charge in [0, 0.05) is 24.5 Å². The third-order valence-corrected chi connectivity index (χ3v) is 4.55. The number of oxime groups is 1. The number of nitrogens with zero attached hydrogens (tertiary/aromatic N) is 1. The highest BCUT2D eigenvalue weighted by Crippen LogP contribution is 2.32. The molecule has 2 rings (SSSR count). The molecule has 2 N–H and O–H groups in total. The molecule has 0 radical (unpaired) electrons. The lowest BCUT2D eigenvalue weighted by atomic mass is 9.76. The Morgan fingerprint density at radius 3 is 2.68 bits per heavy atom. The Morgan fingerprint density at radius 2 is 2.04 bits per heavy atom. The summed E-state index contributed by atoms with van der Waals surface area (Å²) in [6.45, 7) is 7.28. The van der Waals surface area contributed by atoms with E-state index in [1.165, 1.54) is 0 Å². The van der Waals surface area contributed by atoms with Crippen molar-refractivity contribution in [1.29, 1.82) is 0 Å². The normalized spacial score (nSPS) is 19.9. The highest BCUT2D eigenvalue weighted by Gasteiger charge is 2.31. The number of halogens is 1. The summed E-state index contributed by atoms with van der Waals surface area (Å²) in [5.41, 5.74) is 1.18. The van der Waals surface area contributed by atoms with Crippen LogP contribution in [-0.2, 0) is 16.2 Å². The Hall–Kier alpha value is -2.08. The summed E-state index contributed by atoms with van der Waals surface area (Å²) in [5, 5.41) is 9.79. The Morgan fingerprint density at radius 1 is 1.36 bits per heavy atom. The van der Waals surface area contributed by atoms with Crippen LogP contribution in [0.1, 0.15) is 39.2 Å². The molecule has 25 heavy (non-hydrogen) atoms. The molecule has 0 aromatic heterocycles. The lowest BCUT2D eigenvalue weighted by molar-refractivity contribution is -0.114. The summed E-state index contributed by atoms with van der Waals surface area (Å²) in [6, 6.07) is 7.10. The van der Waals surface area contributed by atoms with Gasteiger partial charge in [-0.3, -0.25) is 9.63 Å². The summed E-state index contributed by atoms with van der Waals surface area (Å²) >= 11 is 5.81. The van der Waals surface area contributed by atoms with Crippen LogP contribution in [0.5, 0.6) is 0 Å². The maximum absolute atomic E-state index is 12.0. The van der Waals surface area contributed by atoms with Crippen LogP contribution in [0, 0.1) is 11.3 Å². The average Bonchev–Trinajstić information content (AvgIpc) is 2.74. The number of benzene rings is 1. The van der Waals surface area contributed by atoms with Gasteiger partial charge in [-0.1, -0.05) is 49.7 Å². The number of nitrogens with one attached hydrogen (secondary N) is 2. The summed E-state index contributed by atoms with van der Waals surface area (Å²) < 4.78 is 0. The number of hydrogen-bond acceptors (Lipinski definition) is 4. The van der Waals surface area contributed by atoms with E-state index in [1.54, 1.807) is 24.3 Å². The van der Waals surface area contributed by atoms with Crippen molar-refractivity contribution in [2.75, 3.05) is 6.54 Å². The molecule has 1 aliphatic heterocycles. The first kappa shape index (κ1) is 19.2. The van der Waals surface area contributed by atoms with Gasteiger partial charge in [-0.2, -0.15) is 0 Å². The molecule has 1 unspecified atom stereocenters. The molecular formula is C18H24ClN3O3. The number of carbonyl (C=O) groups excluding carboxylic acids is 2. The standard InChI is InChI=1S/C18H24ClN3O3/c1-18(2,3)13-8-9-20-16(23)15(10-13)22-25-17(24)21-11-12-4-6-14(19)7-5-12/h4-7,13H,8-11H2,1-3H3,(H,20,23)(H,21,24). The van der Waals surface area contributed by atoms with Crippen molar-refractivity contribution in [3.05, 3.63) is 34.9 Å². The third-order valence-electron chi connectivity index (χ3n) is 4.29. The molecule has 1 aromatic rings. The minimum atomic E-state index is -0.702. The lowest BCUT2D eigenvalue weighted by Crippen LogP contribution is -2.30. The van der Waals surface area contributed by atoms with Crippen molar-refractivity contribution in [1.82, 2.24) is 10.6 Å². The van der Waals surface area contributed by atoms with E-state index in [9.17, 15) is 9.59 Å². The molecular weight excluding hydrogens is 342 g/mol. The number of amides is 2. The van der Waals surface area contributed by atoms with E-state index in [0.29, 0.717) is 18.0 Å². The molecule has 6 nitrogen and oxygen atoms in total. The second-order valence-electron chi connectivity index (χ2n) is 7.21. The maximum atomic E-state index is 12.0. The van der Waals surface area contributed by atoms with Crippen LogP contribution in [0.4, 0.5) is 4.79 Å². The Balaban J connectivity index is 1.92. The van der Waals surface area contributed by atoms with Crippen LogP contribution in [0.15, 0.2) is 29.4 Å². The molecule has 0 bridgehead atoms. The van der Waals surface area contributed by atoms with Crippen LogP contribution >= 0.6 is 11.6 Å². The first-order chi connectivity index (χ1) is 11.8. The quantitative estimate of drug-likeness (QED) is 0.635. The fraction of sp³-hybridized carbons (Fsp3) is 0.500. The van der Waals surface area contributed by atoms with E-state index in [1.807, 2.05) is 0 Å². The Kier molecular flexibility index (Phi) is 6.42. The van der Waals surface area contributed by atoms with Gasteiger partial charge in [0.15, 0.2) is 0 Å². The monoisotopic (exact) mass is 365 g/mol. The maximum Gasteiger partial charge on any atom is 0.433 e. The van der Waals surface area contributed by atoms with Gasteiger partial charge in [0.25, 0.3) is 5.91 Å². The van der Waals surface area contributed by atoms with Gasteiger partial charge in [0.2, 0.25) is 0 Å². The van der Waals surface area contributed by atoms with Crippen molar-refractivity contribution in [3.63, 3.8) is 0 Å². The SMILES string of the molecule is CC(C)(C)C1CCNC(=O)C(=NOC(=O)NCc2ccc(Cl)cc2)C1. The fourth-order valence-electron chi connectivity index (χ4n) is 2.61. The number of carbonyl (C=O) groups is 2. The summed E-state index contributed by atoms with van der Waals surface area (Å²) in [5.74, 6) is 0.00294. The number of rotatable bonds is 3. The van der Waals surface area contributed by atoms with Gasteiger partial charge in [-0.25, -0.2) is 4.79 Å². The van der Waals surface area contributed by atoms with Crippen LogP contribution in [-0.4, -0.2) is 24.3 Å². The average molecular weight is 366 g/mol. The van der Waals surface area contributed by atoms with Gasteiger partial charge >= 0.3 is 6.09 Å². The molecule has 1 saturated heterocycles. The Bertz CT molecular complexity index is 651. The highest BCUT2D eigenvalue weighted by molar-refractivity contribution is 6.39. The molecule has 0 aliphatic carbocycles. The zero-order valence-electron chi connectivity index (χ0n) is 14.8. The molecule has 1 aromatic carbocycles. The van der Waals surface area contributed by atoms with E-state index in [4.69, 9.17) is 16.4 Å². The smallest absolute Gasteiger partial charge is 0.351 e. The predicted octanol–water partition coefficient (Wildman–Crippen LogP) is 3.49. The van der Waals surface area contributed by atoms with Gasteiger partial charge in [0.05, 0.1) is 0 Å². The topological polar surface area (TPSA) is 79.8 Å². The van der Waals surface area contributed by atoms with Crippen LogP contribution in [0.25, 0.3) is 0 Å². The largest absolute Gasteiger partial charge is 0.433 e. The second kappa shape index (κ2) is 8.34. The number of hydrogen-bond donors (Lipinski definition) is 2. The minimum absolute atomic E-state index is 0.0455. The van der Waals surface area contributed by atoms with Gasteiger partial charge < -0.3 is 10.6 Å². The van der Waals surface area contributed by atoms with Gasteiger partial charge in [-0.15, -0.1) is 0 Å². The molecule has 1 fully saturated rings. The molecule has 1 atom stereocenters. The summed E-state index contributed by atoms with van der Waals surface area (Å²) in [4.78, 5) is 28.7. The zero-order chi connectivity index (χ0) is 18.4. The molecule has 0 saturated carbocycles. The fourth-order valence-corrected chi connectivity index (χ4v) is 2.74. The van der Waals surface area contributed by atoms with Gasteiger partial charge in [-0.05, 0) is 35.4 Å². The first-order valence-electron chi connectivity index (χ1n) is 8.30. The Labute approximate surface area is 152 Å². The van der Waals surface area contributed by atoms with Crippen LogP contribution in [0.2, 0.25) is 5.02 Å². The summed E-state index contributed by atoms with van der Waals surface area (Å²) in [7, 11) is 0. The molecule has 136 valence electrons. The van der Waals surface area contributed by atoms with Crippen LogP contribution < -0.4 is 10.6 Å². The van der Waals surface area contributed by atoms with E-state index >= 15 is 0 Å². The van der Waals surface area contributed by atoms with Gasteiger partial charge in [0.1, 0.15) is 5.71 Å². The molecule has 7 heteroatoms. The molecule has 1 heterocycles. The van der Waals surface area contributed by atoms with Crippen molar-refractivity contribution in [3.8, 4) is 0 Å². The molecule has 0 spiro atoms.